The van der Waals surface area contributed by atoms with E-state index >= 15 is 0 Å². The molecule has 6 nitrogen and oxygen atoms in total. The lowest BCUT2D eigenvalue weighted by atomic mass is 10.2. The molecule has 0 radical (unpaired) electrons. The van der Waals surface area contributed by atoms with Crippen molar-refractivity contribution < 1.29 is 13.9 Å². The van der Waals surface area contributed by atoms with Gasteiger partial charge in [-0.25, -0.2) is 4.98 Å². The molecular formula is C15H19N3O3. The summed E-state index contributed by atoms with van der Waals surface area (Å²) >= 11 is 0. The molecule has 112 valence electrons. The van der Waals surface area contributed by atoms with Gasteiger partial charge in [0.05, 0.1) is 12.5 Å². The fraction of sp³-hybridized carbons (Fsp3) is 0.467. The smallest absolute Gasteiger partial charge is 0.227 e. The Labute approximate surface area is 122 Å². The summed E-state index contributed by atoms with van der Waals surface area (Å²) in [6.07, 6.45) is 2.26. The lowest BCUT2D eigenvalue weighted by Gasteiger charge is -2.12. The maximum absolute atomic E-state index is 11.9. The molecule has 6 heteroatoms. The van der Waals surface area contributed by atoms with Crippen LogP contribution in [0.3, 0.4) is 0 Å². The van der Waals surface area contributed by atoms with Crippen LogP contribution in [-0.2, 0) is 9.53 Å². The first-order chi connectivity index (χ1) is 10.2. The molecule has 1 aliphatic carbocycles. The molecule has 1 aromatic carbocycles. The summed E-state index contributed by atoms with van der Waals surface area (Å²) in [5, 5.41) is 2.83. The maximum Gasteiger partial charge on any atom is 0.227 e. The van der Waals surface area contributed by atoms with Crippen LogP contribution in [0.4, 0.5) is 5.69 Å². The van der Waals surface area contributed by atoms with Crippen LogP contribution in [0.1, 0.15) is 31.1 Å². The third kappa shape index (κ3) is 3.22. The Morgan fingerprint density at radius 1 is 1.57 bits per heavy atom. The van der Waals surface area contributed by atoms with Gasteiger partial charge in [0, 0.05) is 25.3 Å². The van der Waals surface area contributed by atoms with Crippen molar-refractivity contribution in [1.82, 2.24) is 4.98 Å². The fourth-order valence-electron chi connectivity index (χ4n) is 2.21. The van der Waals surface area contributed by atoms with Crippen LogP contribution in [0.15, 0.2) is 22.6 Å². The van der Waals surface area contributed by atoms with Crippen molar-refractivity contribution in [2.24, 2.45) is 5.73 Å². The molecule has 0 spiro atoms. The standard InChI is InChI=1S/C15H19N3O3/c1-20-11(8-16)7-14(19)17-10-4-5-13-12(6-10)18-15(21-13)9-2-3-9/h4-6,9,11H,2-3,7-8,16H2,1H3,(H,17,19). The Bertz CT molecular complexity index is 645. The number of hydrogen-bond donors (Lipinski definition) is 2. The lowest BCUT2D eigenvalue weighted by molar-refractivity contribution is -0.118. The first-order valence-electron chi connectivity index (χ1n) is 7.13. The summed E-state index contributed by atoms with van der Waals surface area (Å²) in [7, 11) is 1.55. The SMILES string of the molecule is COC(CN)CC(=O)Nc1ccc2oc(C3CC3)nc2c1. The van der Waals surface area contributed by atoms with Gasteiger partial charge in [-0.3, -0.25) is 4.79 Å². The van der Waals surface area contributed by atoms with Crippen LogP contribution < -0.4 is 11.1 Å². The molecule has 0 aliphatic heterocycles. The largest absolute Gasteiger partial charge is 0.440 e. The van der Waals surface area contributed by atoms with Crippen molar-refractivity contribution in [2.75, 3.05) is 19.0 Å². The van der Waals surface area contributed by atoms with E-state index in [4.69, 9.17) is 14.9 Å². The van der Waals surface area contributed by atoms with E-state index in [1.165, 1.54) is 0 Å². The van der Waals surface area contributed by atoms with E-state index in [0.717, 1.165) is 29.8 Å². The molecule has 3 rings (SSSR count). The molecule has 1 saturated carbocycles. The fourth-order valence-corrected chi connectivity index (χ4v) is 2.21. The number of hydrogen-bond acceptors (Lipinski definition) is 5. The van der Waals surface area contributed by atoms with E-state index in [9.17, 15) is 4.79 Å². The van der Waals surface area contributed by atoms with Crippen molar-refractivity contribution >= 4 is 22.7 Å². The van der Waals surface area contributed by atoms with Gasteiger partial charge in [-0.15, -0.1) is 0 Å². The Kier molecular flexibility index (Phi) is 3.90. The summed E-state index contributed by atoms with van der Waals surface area (Å²) in [5.74, 6) is 1.15. The molecule has 1 unspecified atom stereocenters. The normalized spacial score (nSPS) is 16.1. The predicted octanol–water partition coefficient (Wildman–Crippen LogP) is 2.01. The van der Waals surface area contributed by atoms with E-state index in [1.54, 1.807) is 7.11 Å². The molecule has 1 aliphatic rings. The second-order valence-electron chi connectivity index (χ2n) is 5.35. The van der Waals surface area contributed by atoms with Crippen LogP contribution >= 0.6 is 0 Å². The number of benzene rings is 1. The van der Waals surface area contributed by atoms with Gasteiger partial charge in [0.15, 0.2) is 11.5 Å². The molecule has 1 heterocycles. The second-order valence-corrected chi connectivity index (χ2v) is 5.35. The van der Waals surface area contributed by atoms with Gasteiger partial charge >= 0.3 is 0 Å². The molecule has 0 bridgehead atoms. The lowest BCUT2D eigenvalue weighted by Crippen LogP contribution is -2.28. The topological polar surface area (TPSA) is 90.4 Å². The van der Waals surface area contributed by atoms with Crippen LogP contribution in [-0.4, -0.2) is 30.6 Å². The minimum atomic E-state index is -0.262. The highest BCUT2D eigenvalue weighted by atomic mass is 16.5. The van der Waals surface area contributed by atoms with Gasteiger partial charge in [0.2, 0.25) is 5.91 Å². The molecule has 21 heavy (non-hydrogen) atoms. The zero-order valence-corrected chi connectivity index (χ0v) is 12.0. The van der Waals surface area contributed by atoms with E-state index in [2.05, 4.69) is 10.3 Å². The minimum Gasteiger partial charge on any atom is -0.440 e. The summed E-state index contributed by atoms with van der Waals surface area (Å²) in [6.45, 7) is 0.316. The number of anilines is 1. The number of methoxy groups -OCH3 is 1. The number of nitrogens with zero attached hydrogens (tertiary/aromatic N) is 1. The summed E-state index contributed by atoms with van der Waals surface area (Å²) in [5.41, 5.74) is 7.74. The molecule has 1 atom stereocenters. The van der Waals surface area contributed by atoms with Crippen molar-refractivity contribution in [1.29, 1.82) is 0 Å². The van der Waals surface area contributed by atoms with Crippen LogP contribution in [0.5, 0.6) is 0 Å². The molecule has 0 saturated heterocycles. The second kappa shape index (κ2) is 5.83. The van der Waals surface area contributed by atoms with Crippen molar-refractivity contribution in [3.63, 3.8) is 0 Å². The Balaban J connectivity index is 1.70. The number of rotatable bonds is 6. The average molecular weight is 289 g/mol. The third-order valence-corrected chi connectivity index (χ3v) is 3.62. The first kappa shape index (κ1) is 14.0. The van der Waals surface area contributed by atoms with Crippen LogP contribution in [0.2, 0.25) is 0 Å². The first-order valence-corrected chi connectivity index (χ1v) is 7.13. The van der Waals surface area contributed by atoms with Gasteiger partial charge in [0.25, 0.3) is 0 Å². The van der Waals surface area contributed by atoms with Gasteiger partial charge in [-0.05, 0) is 31.0 Å². The summed E-state index contributed by atoms with van der Waals surface area (Å²) in [6, 6.07) is 5.47. The molecule has 2 aromatic rings. The molecule has 3 N–H and O–H groups in total. The number of oxazole rings is 1. The highest BCUT2D eigenvalue weighted by Crippen LogP contribution is 2.40. The van der Waals surface area contributed by atoms with E-state index in [1.807, 2.05) is 18.2 Å². The molecular weight excluding hydrogens is 270 g/mol. The van der Waals surface area contributed by atoms with Crippen molar-refractivity contribution in [3.8, 4) is 0 Å². The number of nitrogens with two attached hydrogens (primary N) is 1. The van der Waals surface area contributed by atoms with E-state index < -0.39 is 0 Å². The van der Waals surface area contributed by atoms with Crippen molar-refractivity contribution in [2.45, 2.75) is 31.3 Å². The summed E-state index contributed by atoms with van der Waals surface area (Å²) in [4.78, 5) is 16.4. The number of aromatic nitrogens is 1. The summed E-state index contributed by atoms with van der Waals surface area (Å²) < 4.78 is 10.8. The zero-order valence-electron chi connectivity index (χ0n) is 12.0. The number of ether oxygens (including phenoxy) is 1. The Hall–Kier alpha value is -1.92. The van der Waals surface area contributed by atoms with Crippen LogP contribution in [0, 0.1) is 0 Å². The molecule has 1 amide bonds. The Morgan fingerprint density at radius 3 is 3.05 bits per heavy atom. The highest BCUT2D eigenvalue weighted by molar-refractivity contribution is 5.93. The monoisotopic (exact) mass is 289 g/mol. The average Bonchev–Trinajstić information content (AvgIpc) is 3.24. The number of carbonyl (C=O) groups excluding carboxylic acids is 1. The Morgan fingerprint density at radius 2 is 2.38 bits per heavy atom. The number of fused-ring (bicyclic) bond motifs is 1. The van der Waals surface area contributed by atoms with Gasteiger partial charge in [-0.1, -0.05) is 0 Å². The van der Waals surface area contributed by atoms with Gasteiger partial charge in [0.1, 0.15) is 5.52 Å². The highest BCUT2D eigenvalue weighted by Gasteiger charge is 2.28. The molecule has 1 aromatic heterocycles. The zero-order chi connectivity index (χ0) is 14.8. The van der Waals surface area contributed by atoms with Gasteiger partial charge in [-0.2, -0.15) is 0 Å². The maximum atomic E-state index is 11.9. The van der Waals surface area contributed by atoms with Gasteiger partial charge < -0.3 is 20.2 Å². The number of amides is 1. The van der Waals surface area contributed by atoms with E-state index in [0.29, 0.717) is 18.2 Å². The quantitative estimate of drug-likeness (QED) is 0.849. The number of nitrogens with one attached hydrogen (secondary N) is 1. The number of carbonyl (C=O) groups is 1. The van der Waals surface area contributed by atoms with E-state index in [-0.39, 0.29) is 18.4 Å². The van der Waals surface area contributed by atoms with Crippen LogP contribution in [0.25, 0.3) is 11.1 Å². The molecule has 1 fully saturated rings. The predicted molar refractivity (Wildman–Crippen MR) is 79.1 cm³/mol. The third-order valence-electron chi connectivity index (χ3n) is 3.62. The van der Waals surface area contributed by atoms with Crippen molar-refractivity contribution in [3.05, 3.63) is 24.1 Å². The minimum absolute atomic E-state index is 0.127.